The van der Waals surface area contributed by atoms with Gasteiger partial charge in [-0.3, -0.25) is 4.79 Å². The fraction of sp³-hybridized carbons (Fsp3) is 0.533. The summed E-state index contributed by atoms with van der Waals surface area (Å²) in [5.41, 5.74) is 5.95. The van der Waals surface area contributed by atoms with Crippen molar-refractivity contribution in [2.75, 3.05) is 26.4 Å². The van der Waals surface area contributed by atoms with Crippen LogP contribution in [0.4, 0.5) is 4.39 Å². The first-order valence-electron chi connectivity index (χ1n) is 7.16. The van der Waals surface area contributed by atoms with Gasteiger partial charge in [0.25, 0.3) is 0 Å². The van der Waals surface area contributed by atoms with Gasteiger partial charge in [-0.25, -0.2) is 4.39 Å². The first-order valence-corrected chi connectivity index (χ1v) is 7.16. The van der Waals surface area contributed by atoms with Crippen LogP contribution in [0, 0.1) is 11.7 Å². The molecule has 1 amide bonds. The number of hydrogen-bond acceptors (Lipinski definition) is 4. The van der Waals surface area contributed by atoms with E-state index in [0.717, 1.165) is 12.8 Å². The maximum absolute atomic E-state index is 12.9. The normalized spacial score (nSPS) is 17.2. The monoisotopic (exact) mass is 296 g/mol. The predicted octanol–water partition coefficient (Wildman–Crippen LogP) is 1.07. The lowest BCUT2D eigenvalue weighted by molar-refractivity contribution is -0.124. The van der Waals surface area contributed by atoms with Gasteiger partial charge in [0, 0.05) is 19.3 Å². The van der Waals surface area contributed by atoms with Crippen LogP contribution in [0.15, 0.2) is 24.3 Å². The molecule has 6 heteroatoms. The summed E-state index contributed by atoms with van der Waals surface area (Å²) in [7, 11) is 0. The highest BCUT2D eigenvalue weighted by atomic mass is 19.1. The predicted molar refractivity (Wildman–Crippen MR) is 76.4 cm³/mol. The van der Waals surface area contributed by atoms with E-state index in [0.29, 0.717) is 25.5 Å². The molecule has 0 aliphatic carbocycles. The van der Waals surface area contributed by atoms with Crippen molar-refractivity contribution in [2.24, 2.45) is 11.7 Å². The van der Waals surface area contributed by atoms with Gasteiger partial charge in [-0.1, -0.05) is 6.07 Å². The number of carbonyl (C=O) groups is 1. The van der Waals surface area contributed by atoms with E-state index in [1.54, 1.807) is 12.1 Å². The molecule has 0 aromatic heterocycles. The summed E-state index contributed by atoms with van der Waals surface area (Å²) in [5.74, 6) is 0.0867. The van der Waals surface area contributed by atoms with Crippen molar-refractivity contribution in [3.63, 3.8) is 0 Å². The van der Waals surface area contributed by atoms with Crippen LogP contribution in [-0.2, 0) is 9.53 Å². The smallest absolute Gasteiger partial charge is 0.237 e. The molecule has 116 valence electrons. The molecule has 1 atom stereocenters. The van der Waals surface area contributed by atoms with Crippen LogP contribution >= 0.6 is 0 Å². The third-order valence-corrected chi connectivity index (χ3v) is 3.54. The fourth-order valence-electron chi connectivity index (χ4n) is 2.31. The average molecular weight is 296 g/mol. The summed E-state index contributed by atoms with van der Waals surface area (Å²) in [5, 5.41) is 2.74. The quantitative estimate of drug-likeness (QED) is 0.770. The van der Waals surface area contributed by atoms with E-state index in [1.165, 1.54) is 12.1 Å². The van der Waals surface area contributed by atoms with Gasteiger partial charge in [-0.15, -0.1) is 0 Å². The van der Waals surface area contributed by atoms with E-state index in [9.17, 15) is 9.18 Å². The van der Waals surface area contributed by atoms with Crippen LogP contribution in [0.2, 0.25) is 0 Å². The Morgan fingerprint density at radius 1 is 1.48 bits per heavy atom. The van der Waals surface area contributed by atoms with E-state index in [4.69, 9.17) is 15.2 Å². The van der Waals surface area contributed by atoms with Gasteiger partial charge in [-0.2, -0.15) is 0 Å². The third kappa shape index (κ3) is 4.99. The van der Waals surface area contributed by atoms with Gasteiger partial charge in [0.05, 0.1) is 12.6 Å². The fourth-order valence-corrected chi connectivity index (χ4v) is 2.31. The van der Waals surface area contributed by atoms with Gasteiger partial charge >= 0.3 is 0 Å². The van der Waals surface area contributed by atoms with E-state index in [1.807, 2.05) is 0 Å². The molecule has 1 aromatic carbocycles. The molecule has 1 aliphatic heterocycles. The number of rotatable bonds is 6. The summed E-state index contributed by atoms with van der Waals surface area (Å²) >= 11 is 0. The highest BCUT2D eigenvalue weighted by molar-refractivity contribution is 5.81. The third-order valence-electron chi connectivity index (χ3n) is 3.54. The van der Waals surface area contributed by atoms with Crippen molar-refractivity contribution in [2.45, 2.75) is 18.9 Å². The largest absolute Gasteiger partial charge is 0.492 e. The Labute approximate surface area is 123 Å². The molecule has 2 rings (SSSR count). The first kappa shape index (κ1) is 15.7. The maximum atomic E-state index is 12.9. The highest BCUT2D eigenvalue weighted by Gasteiger charge is 2.26. The van der Waals surface area contributed by atoms with Gasteiger partial charge in [-0.05, 0) is 30.9 Å². The zero-order chi connectivity index (χ0) is 15.1. The Morgan fingerprint density at radius 3 is 2.95 bits per heavy atom. The second-order valence-electron chi connectivity index (χ2n) is 5.07. The van der Waals surface area contributed by atoms with Crippen LogP contribution in [0.1, 0.15) is 12.8 Å². The zero-order valence-corrected chi connectivity index (χ0v) is 11.9. The summed E-state index contributed by atoms with van der Waals surface area (Å²) < 4.78 is 23.5. The minimum Gasteiger partial charge on any atom is -0.492 e. The van der Waals surface area contributed by atoms with Crippen LogP contribution in [-0.4, -0.2) is 38.3 Å². The number of carbonyl (C=O) groups excluding carboxylic acids is 1. The molecule has 21 heavy (non-hydrogen) atoms. The van der Waals surface area contributed by atoms with Gasteiger partial charge in [0.1, 0.15) is 18.2 Å². The van der Waals surface area contributed by atoms with Crippen molar-refractivity contribution >= 4 is 5.91 Å². The summed E-state index contributed by atoms with van der Waals surface area (Å²) in [6, 6.07) is 5.38. The number of benzene rings is 1. The van der Waals surface area contributed by atoms with Crippen LogP contribution < -0.4 is 15.8 Å². The van der Waals surface area contributed by atoms with Crippen LogP contribution in [0.3, 0.4) is 0 Å². The van der Waals surface area contributed by atoms with Crippen molar-refractivity contribution in [1.82, 2.24) is 5.32 Å². The molecule has 0 saturated carbocycles. The number of halogens is 1. The van der Waals surface area contributed by atoms with Crippen molar-refractivity contribution in [3.05, 3.63) is 30.1 Å². The van der Waals surface area contributed by atoms with Crippen LogP contribution in [0.25, 0.3) is 0 Å². The zero-order valence-electron chi connectivity index (χ0n) is 11.9. The average Bonchev–Trinajstić information content (AvgIpc) is 2.51. The lowest BCUT2D eigenvalue weighted by Crippen LogP contribution is -2.47. The number of nitrogens with two attached hydrogens (primary N) is 1. The Hall–Kier alpha value is -1.66. The molecule has 1 aliphatic rings. The van der Waals surface area contributed by atoms with E-state index < -0.39 is 6.04 Å². The molecule has 1 aromatic rings. The number of amides is 1. The number of ether oxygens (including phenoxy) is 2. The molecule has 0 spiro atoms. The standard InChI is InChI=1S/C15H21FN2O3/c16-12-2-1-3-13(10-12)21-9-6-18-15(19)14(17)11-4-7-20-8-5-11/h1-3,10-11,14H,4-9,17H2,(H,18,19). The number of hydrogen-bond donors (Lipinski definition) is 2. The molecule has 0 bridgehead atoms. The van der Waals surface area contributed by atoms with E-state index >= 15 is 0 Å². The van der Waals surface area contributed by atoms with Gasteiger partial charge in [0.2, 0.25) is 5.91 Å². The minimum atomic E-state index is -0.511. The molecule has 1 heterocycles. The van der Waals surface area contributed by atoms with Crippen LogP contribution in [0.5, 0.6) is 5.75 Å². The molecule has 1 fully saturated rings. The molecule has 0 radical (unpaired) electrons. The van der Waals surface area contributed by atoms with E-state index in [-0.39, 0.29) is 24.2 Å². The lowest BCUT2D eigenvalue weighted by Gasteiger charge is -2.26. The van der Waals surface area contributed by atoms with E-state index in [2.05, 4.69) is 5.32 Å². The maximum Gasteiger partial charge on any atom is 0.237 e. The highest BCUT2D eigenvalue weighted by Crippen LogP contribution is 2.17. The summed E-state index contributed by atoms with van der Waals surface area (Å²) in [6.45, 7) is 1.94. The van der Waals surface area contributed by atoms with Crippen molar-refractivity contribution in [3.8, 4) is 5.75 Å². The second kappa shape index (κ2) is 7.95. The van der Waals surface area contributed by atoms with Crippen molar-refractivity contribution in [1.29, 1.82) is 0 Å². The Kier molecular flexibility index (Phi) is 5.95. The molecule has 5 nitrogen and oxygen atoms in total. The number of nitrogens with one attached hydrogen (secondary N) is 1. The Bertz CT molecular complexity index is 464. The summed E-state index contributed by atoms with van der Waals surface area (Å²) in [6.07, 6.45) is 1.63. The van der Waals surface area contributed by atoms with Gasteiger partial charge in [0.15, 0.2) is 0 Å². The van der Waals surface area contributed by atoms with Crippen molar-refractivity contribution < 1.29 is 18.7 Å². The molecule has 1 saturated heterocycles. The topological polar surface area (TPSA) is 73.6 Å². The Morgan fingerprint density at radius 2 is 2.24 bits per heavy atom. The minimum absolute atomic E-state index is 0.169. The second-order valence-corrected chi connectivity index (χ2v) is 5.07. The van der Waals surface area contributed by atoms with Gasteiger partial charge < -0.3 is 20.5 Å². The molecular formula is C15H21FN2O3. The lowest BCUT2D eigenvalue weighted by atomic mass is 9.92. The molecule has 3 N–H and O–H groups in total. The SMILES string of the molecule is NC(C(=O)NCCOc1cccc(F)c1)C1CCOCC1. The molecular weight excluding hydrogens is 275 g/mol. The Balaban J connectivity index is 1.66. The summed E-state index contributed by atoms with van der Waals surface area (Å²) in [4.78, 5) is 11.9. The molecule has 1 unspecified atom stereocenters. The first-order chi connectivity index (χ1) is 10.2.